The normalized spacial score (nSPS) is 17.4. The third-order valence-corrected chi connectivity index (χ3v) is 4.26. The van der Waals surface area contributed by atoms with Gasteiger partial charge in [-0.2, -0.15) is 0 Å². The van der Waals surface area contributed by atoms with Crippen molar-refractivity contribution in [2.75, 3.05) is 19.8 Å². The number of fused-ring (bicyclic) bond motifs is 1. The summed E-state index contributed by atoms with van der Waals surface area (Å²) in [5, 5.41) is 2.73. The Labute approximate surface area is 146 Å². The fraction of sp³-hybridized carbons (Fsp3) is 0.556. The van der Waals surface area contributed by atoms with Crippen molar-refractivity contribution in [3.63, 3.8) is 0 Å². The largest absolute Gasteiger partial charge is 0.460 e. The predicted molar refractivity (Wildman–Crippen MR) is 91.6 cm³/mol. The van der Waals surface area contributed by atoms with Crippen molar-refractivity contribution < 1.29 is 23.5 Å². The Kier molecular flexibility index (Phi) is 5.13. The van der Waals surface area contributed by atoms with Crippen LogP contribution < -0.4 is 5.32 Å². The molecule has 1 saturated heterocycles. The number of hydrogen-bond acceptors (Lipinski definition) is 5. The number of ether oxygens (including phenoxy) is 2. The molecule has 1 aliphatic heterocycles. The number of aromatic nitrogens is 1. The first-order valence-corrected chi connectivity index (χ1v) is 8.62. The molecule has 3 heterocycles. The monoisotopic (exact) mass is 348 g/mol. The molecule has 0 aromatic carbocycles. The molecule has 136 valence electrons. The topological polar surface area (TPSA) is 82.7 Å². The zero-order chi connectivity index (χ0) is 18.0. The van der Waals surface area contributed by atoms with Crippen molar-refractivity contribution in [2.45, 2.75) is 45.8 Å². The van der Waals surface area contributed by atoms with E-state index >= 15 is 0 Å². The van der Waals surface area contributed by atoms with E-state index in [1.54, 1.807) is 6.07 Å². The molecule has 0 radical (unpaired) electrons. The van der Waals surface area contributed by atoms with E-state index in [-0.39, 0.29) is 24.7 Å². The van der Waals surface area contributed by atoms with Gasteiger partial charge in [-0.25, -0.2) is 4.79 Å². The van der Waals surface area contributed by atoms with Gasteiger partial charge in [-0.1, -0.05) is 0 Å². The van der Waals surface area contributed by atoms with Gasteiger partial charge in [-0.05, 0) is 33.6 Å². The highest BCUT2D eigenvalue weighted by atomic mass is 16.5. The van der Waals surface area contributed by atoms with Gasteiger partial charge >= 0.3 is 5.97 Å². The molecule has 0 aliphatic carbocycles. The molecule has 1 N–H and O–H groups in total. The number of nitrogens with one attached hydrogen (secondary N) is 1. The molecule has 0 saturated carbocycles. The van der Waals surface area contributed by atoms with Crippen LogP contribution in [0.2, 0.25) is 0 Å². The molecule has 0 spiro atoms. The van der Waals surface area contributed by atoms with Gasteiger partial charge in [0.25, 0.3) is 5.91 Å². The number of carbonyl (C=O) groups is 2. The van der Waals surface area contributed by atoms with Gasteiger partial charge in [0.1, 0.15) is 11.5 Å². The van der Waals surface area contributed by atoms with Crippen LogP contribution in [0.15, 0.2) is 16.5 Å². The third-order valence-electron chi connectivity index (χ3n) is 4.26. The number of amides is 1. The first-order valence-electron chi connectivity index (χ1n) is 8.62. The molecule has 2 aromatic heterocycles. The van der Waals surface area contributed by atoms with Gasteiger partial charge in [0.2, 0.25) is 0 Å². The summed E-state index contributed by atoms with van der Waals surface area (Å²) < 4.78 is 18.1. The number of esters is 1. The van der Waals surface area contributed by atoms with E-state index in [4.69, 9.17) is 13.9 Å². The van der Waals surface area contributed by atoms with E-state index in [1.165, 1.54) is 0 Å². The predicted octanol–water partition coefficient (Wildman–Crippen LogP) is 2.58. The van der Waals surface area contributed by atoms with E-state index < -0.39 is 5.97 Å². The molecule has 1 fully saturated rings. The number of nitrogens with zero attached hydrogens (tertiary/aromatic N) is 1. The van der Waals surface area contributed by atoms with Gasteiger partial charge in [0.05, 0.1) is 11.6 Å². The van der Waals surface area contributed by atoms with Crippen LogP contribution >= 0.6 is 0 Å². The maximum Gasteiger partial charge on any atom is 0.355 e. The number of hydrogen-bond donors (Lipinski definition) is 1. The fourth-order valence-corrected chi connectivity index (χ4v) is 3.14. The summed E-state index contributed by atoms with van der Waals surface area (Å²) in [7, 11) is 0. The molecular formula is C18H24N2O5. The number of aryl methyl sites for hydroxylation is 1. The van der Waals surface area contributed by atoms with Gasteiger partial charge < -0.3 is 23.8 Å². The second-order valence-corrected chi connectivity index (χ2v) is 6.62. The summed E-state index contributed by atoms with van der Waals surface area (Å²) >= 11 is 0. The molecule has 1 amide bonds. The quantitative estimate of drug-likeness (QED) is 0.811. The third kappa shape index (κ3) is 3.87. The Hall–Kier alpha value is -2.28. The van der Waals surface area contributed by atoms with Crippen molar-refractivity contribution in [3.8, 4) is 0 Å². The van der Waals surface area contributed by atoms with E-state index in [1.807, 2.05) is 31.4 Å². The summed E-state index contributed by atoms with van der Waals surface area (Å²) in [6.45, 7) is 6.70. The van der Waals surface area contributed by atoms with E-state index in [0.29, 0.717) is 17.8 Å². The van der Waals surface area contributed by atoms with Crippen LogP contribution in [0.4, 0.5) is 0 Å². The first kappa shape index (κ1) is 17.5. The Morgan fingerprint density at radius 1 is 1.40 bits per heavy atom. The highest BCUT2D eigenvalue weighted by Gasteiger charge is 2.22. The van der Waals surface area contributed by atoms with Crippen molar-refractivity contribution in [3.05, 3.63) is 23.6 Å². The zero-order valence-electron chi connectivity index (χ0n) is 14.8. The lowest BCUT2D eigenvalue weighted by Gasteiger charge is -2.14. The maximum absolute atomic E-state index is 12.4. The Balaban J connectivity index is 1.60. The molecule has 1 aliphatic rings. The van der Waals surface area contributed by atoms with E-state index in [0.717, 1.165) is 30.7 Å². The molecule has 1 atom stereocenters. The van der Waals surface area contributed by atoms with Crippen LogP contribution in [0.3, 0.4) is 0 Å². The van der Waals surface area contributed by atoms with Gasteiger partial charge in [-0.3, -0.25) is 4.79 Å². The standard InChI is InChI=1S/C18H24N2O5/c1-11(2)20-14-7-12(3)25-16(14)8-15(20)18(22)24-10-17(21)19-9-13-5-4-6-23-13/h7-8,11,13H,4-6,9-10H2,1-3H3,(H,19,21)/t13-/m0/s1. The number of rotatable bonds is 6. The van der Waals surface area contributed by atoms with Crippen LogP contribution in [0, 0.1) is 6.92 Å². The SMILES string of the molecule is Cc1cc2c(cc(C(=O)OCC(=O)NC[C@@H]3CCCO3)n2C(C)C)o1. The van der Waals surface area contributed by atoms with Crippen molar-refractivity contribution in [1.82, 2.24) is 9.88 Å². The minimum absolute atomic E-state index is 0.0605. The maximum atomic E-state index is 12.4. The zero-order valence-corrected chi connectivity index (χ0v) is 14.8. The van der Waals surface area contributed by atoms with Crippen LogP contribution in [-0.2, 0) is 14.3 Å². The second kappa shape index (κ2) is 7.31. The molecule has 2 aromatic rings. The molecule has 3 rings (SSSR count). The summed E-state index contributed by atoms with van der Waals surface area (Å²) in [4.78, 5) is 24.2. The molecule has 0 bridgehead atoms. The molecule has 7 nitrogen and oxygen atoms in total. The Morgan fingerprint density at radius 2 is 2.20 bits per heavy atom. The average molecular weight is 348 g/mol. The smallest absolute Gasteiger partial charge is 0.355 e. The second-order valence-electron chi connectivity index (χ2n) is 6.62. The minimum Gasteiger partial charge on any atom is -0.460 e. The Morgan fingerprint density at radius 3 is 2.88 bits per heavy atom. The molecule has 7 heteroatoms. The average Bonchev–Trinajstić information content (AvgIpc) is 3.25. The molecule has 0 unspecified atom stereocenters. The van der Waals surface area contributed by atoms with Crippen LogP contribution in [0.1, 0.15) is 49.0 Å². The summed E-state index contributed by atoms with van der Waals surface area (Å²) in [6.07, 6.45) is 2.02. The Bertz CT molecular complexity index is 768. The number of carbonyl (C=O) groups excluding carboxylic acids is 2. The molecule has 25 heavy (non-hydrogen) atoms. The van der Waals surface area contributed by atoms with Crippen LogP contribution in [0.25, 0.3) is 11.1 Å². The van der Waals surface area contributed by atoms with Crippen LogP contribution in [0.5, 0.6) is 0 Å². The first-order chi connectivity index (χ1) is 12.0. The minimum atomic E-state index is -0.537. The highest BCUT2D eigenvalue weighted by Crippen LogP contribution is 2.27. The summed E-state index contributed by atoms with van der Waals surface area (Å²) in [6, 6.07) is 3.61. The summed E-state index contributed by atoms with van der Waals surface area (Å²) in [5.74, 6) is -0.0797. The lowest BCUT2D eigenvalue weighted by molar-refractivity contribution is -0.124. The van der Waals surface area contributed by atoms with E-state index in [2.05, 4.69) is 5.32 Å². The van der Waals surface area contributed by atoms with Crippen molar-refractivity contribution >= 4 is 23.0 Å². The summed E-state index contributed by atoms with van der Waals surface area (Å²) in [5.41, 5.74) is 1.87. The van der Waals surface area contributed by atoms with Gasteiger partial charge in [-0.15, -0.1) is 0 Å². The lowest BCUT2D eigenvalue weighted by atomic mass is 10.2. The van der Waals surface area contributed by atoms with E-state index in [9.17, 15) is 9.59 Å². The van der Waals surface area contributed by atoms with Crippen LogP contribution in [-0.4, -0.2) is 42.3 Å². The van der Waals surface area contributed by atoms with Crippen molar-refractivity contribution in [1.29, 1.82) is 0 Å². The molecular weight excluding hydrogens is 324 g/mol. The van der Waals surface area contributed by atoms with Crippen molar-refractivity contribution in [2.24, 2.45) is 0 Å². The number of furan rings is 1. The highest BCUT2D eigenvalue weighted by molar-refractivity contribution is 5.95. The fourth-order valence-electron chi connectivity index (χ4n) is 3.14. The van der Waals surface area contributed by atoms with Gasteiger partial charge in [0.15, 0.2) is 12.2 Å². The lowest BCUT2D eigenvalue weighted by Crippen LogP contribution is -2.35. The van der Waals surface area contributed by atoms with Gasteiger partial charge in [0, 0.05) is 31.3 Å².